The first-order chi connectivity index (χ1) is 10.1. The molecule has 110 valence electrons. The van der Waals surface area contributed by atoms with Gasteiger partial charge in [0.05, 0.1) is 11.9 Å². The summed E-state index contributed by atoms with van der Waals surface area (Å²) in [7, 11) is 1.55. The van der Waals surface area contributed by atoms with E-state index in [2.05, 4.69) is 22.0 Å². The summed E-state index contributed by atoms with van der Waals surface area (Å²) >= 11 is 3.60. The van der Waals surface area contributed by atoms with Crippen LogP contribution in [-0.2, 0) is 6.42 Å². The van der Waals surface area contributed by atoms with Gasteiger partial charge in [0, 0.05) is 12.0 Å². The minimum Gasteiger partial charge on any atom is -0.496 e. The van der Waals surface area contributed by atoms with E-state index in [1.165, 1.54) is 11.6 Å². The molecule has 0 aromatic heterocycles. The number of alkyl halides is 1. The average Bonchev–Trinajstić information content (AvgIpc) is 2.85. The molecule has 0 fully saturated rings. The molecule has 0 bridgehead atoms. The molecule has 0 aliphatic carbocycles. The highest BCUT2D eigenvalue weighted by Crippen LogP contribution is 2.40. The van der Waals surface area contributed by atoms with Gasteiger partial charge in [-0.15, -0.1) is 0 Å². The summed E-state index contributed by atoms with van der Waals surface area (Å²) in [6.07, 6.45) is 1.09. The number of hydrogen-bond acceptors (Lipinski definition) is 2. The molecule has 3 rings (SSSR count). The lowest BCUT2D eigenvalue weighted by atomic mass is 10.00. The molecule has 1 heterocycles. The van der Waals surface area contributed by atoms with Crippen LogP contribution in [0.3, 0.4) is 0 Å². The van der Waals surface area contributed by atoms with Crippen molar-refractivity contribution in [1.29, 1.82) is 0 Å². The number of benzene rings is 2. The lowest BCUT2D eigenvalue weighted by Gasteiger charge is -2.16. The Morgan fingerprint density at radius 3 is 2.90 bits per heavy atom. The van der Waals surface area contributed by atoms with E-state index in [1.54, 1.807) is 19.2 Å². The van der Waals surface area contributed by atoms with E-state index in [1.807, 2.05) is 19.1 Å². The van der Waals surface area contributed by atoms with E-state index in [0.717, 1.165) is 17.7 Å². The standard InChI is InChI=1S/C17H16BrFO2/c1-10-8-12-9-11(6-7-14(12)21-10)17(18)16-13(19)4-3-5-15(16)20-2/h3-7,9-10,17H,8H2,1-2H3. The third-order valence-electron chi connectivity index (χ3n) is 3.70. The van der Waals surface area contributed by atoms with Crippen LogP contribution in [0.15, 0.2) is 36.4 Å². The fourth-order valence-electron chi connectivity index (χ4n) is 2.71. The van der Waals surface area contributed by atoms with Crippen molar-refractivity contribution < 1.29 is 13.9 Å². The van der Waals surface area contributed by atoms with E-state index in [9.17, 15) is 4.39 Å². The maximum atomic E-state index is 14.2. The molecular formula is C17H16BrFO2. The first-order valence-electron chi connectivity index (χ1n) is 6.86. The van der Waals surface area contributed by atoms with Gasteiger partial charge in [0.1, 0.15) is 23.4 Å². The maximum absolute atomic E-state index is 14.2. The number of hydrogen-bond donors (Lipinski definition) is 0. The zero-order valence-corrected chi connectivity index (χ0v) is 13.5. The highest BCUT2D eigenvalue weighted by Gasteiger charge is 2.23. The van der Waals surface area contributed by atoms with E-state index in [0.29, 0.717) is 11.3 Å². The molecule has 1 aliphatic heterocycles. The number of halogens is 2. The Balaban J connectivity index is 2.00. The summed E-state index contributed by atoms with van der Waals surface area (Å²) in [5, 5.41) is 0. The van der Waals surface area contributed by atoms with Gasteiger partial charge in [-0.2, -0.15) is 0 Å². The molecule has 2 atom stereocenters. The summed E-state index contributed by atoms with van der Waals surface area (Å²) in [6.45, 7) is 2.05. The smallest absolute Gasteiger partial charge is 0.131 e. The molecular weight excluding hydrogens is 335 g/mol. The Labute approximate surface area is 132 Å². The molecule has 0 spiro atoms. The molecule has 0 saturated carbocycles. The molecule has 0 amide bonds. The first-order valence-corrected chi connectivity index (χ1v) is 7.77. The van der Waals surface area contributed by atoms with Crippen LogP contribution >= 0.6 is 15.9 Å². The summed E-state index contributed by atoms with van der Waals surface area (Å²) < 4.78 is 25.2. The van der Waals surface area contributed by atoms with Gasteiger partial charge in [0.2, 0.25) is 0 Å². The fraction of sp³-hybridized carbons (Fsp3) is 0.294. The van der Waals surface area contributed by atoms with E-state index in [-0.39, 0.29) is 16.7 Å². The molecule has 2 nitrogen and oxygen atoms in total. The molecule has 2 unspecified atom stereocenters. The van der Waals surface area contributed by atoms with Crippen LogP contribution in [0.4, 0.5) is 4.39 Å². The molecule has 1 aliphatic rings. The zero-order chi connectivity index (χ0) is 15.0. The Morgan fingerprint density at radius 2 is 2.14 bits per heavy atom. The monoisotopic (exact) mass is 350 g/mol. The van der Waals surface area contributed by atoms with Crippen LogP contribution in [-0.4, -0.2) is 13.2 Å². The van der Waals surface area contributed by atoms with Crippen molar-refractivity contribution in [1.82, 2.24) is 0 Å². The Bertz CT molecular complexity index is 672. The fourth-order valence-corrected chi connectivity index (χ4v) is 3.44. The second kappa shape index (κ2) is 5.68. The van der Waals surface area contributed by atoms with Gasteiger partial charge in [-0.3, -0.25) is 0 Å². The normalized spacial score (nSPS) is 18.0. The zero-order valence-electron chi connectivity index (χ0n) is 11.9. The largest absolute Gasteiger partial charge is 0.496 e. The lowest BCUT2D eigenvalue weighted by molar-refractivity contribution is 0.254. The van der Waals surface area contributed by atoms with Crippen LogP contribution in [0, 0.1) is 5.82 Å². The average molecular weight is 351 g/mol. The third kappa shape index (κ3) is 2.64. The predicted molar refractivity (Wildman–Crippen MR) is 84.0 cm³/mol. The second-order valence-corrected chi connectivity index (χ2v) is 6.13. The van der Waals surface area contributed by atoms with Crippen molar-refractivity contribution in [3.05, 3.63) is 58.9 Å². The van der Waals surface area contributed by atoms with Crippen molar-refractivity contribution in [2.24, 2.45) is 0 Å². The number of methoxy groups -OCH3 is 1. The molecule has 21 heavy (non-hydrogen) atoms. The van der Waals surface area contributed by atoms with Gasteiger partial charge >= 0.3 is 0 Å². The van der Waals surface area contributed by atoms with Crippen LogP contribution in [0.25, 0.3) is 0 Å². The molecule has 0 radical (unpaired) electrons. The summed E-state index contributed by atoms with van der Waals surface area (Å²) in [5.74, 6) is 1.19. The topological polar surface area (TPSA) is 18.5 Å². The number of fused-ring (bicyclic) bond motifs is 1. The Kier molecular flexibility index (Phi) is 3.89. The maximum Gasteiger partial charge on any atom is 0.131 e. The van der Waals surface area contributed by atoms with Crippen molar-refractivity contribution in [3.63, 3.8) is 0 Å². The van der Waals surface area contributed by atoms with Crippen LogP contribution in [0.2, 0.25) is 0 Å². The molecule has 0 saturated heterocycles. The van der Waals surface area contributed by atoms with Gasteiger partial charge in [-0.25, -0.2) is 4.39 Å². The van der Waals surface area contributed by atoms with Gasteiger partial charge < -0.3 is 9.47 Å². The number of ether oxygens (including phenoxy) is 2. The third-order valence-corrected chi connectivity index (χ3v) is 4.69. The quantitative estimate of drug-likeness (QED) is 0.750. The van der Waals surface area contributed by atoms with Gasteiger partial charge in [-0.05, 0) is 36.2 Å². The first kappa shape index (κ1) is 14.4. The predicted octanol–water partition coefficient (Wildman–Crippen LogP) is 4.64. The van der Waals surface area contributed by atoms with Crippen LogP contribution in [0.5, 0.6) is 11.5 Å². The minimum absolute atomic E-state index is 0.201. The highest BCUT2D eigenvalue weighted by atomic mass is 79.9. The van der Waals surface area contributed by atoms with E-state index < -0.39 is 0 Å². The van der Waals surface area contributed by atoms with Crippen LogP contribution < -0.4 is 9.47 Å². The Morgan fingerprint density at radius 1 is 1.33 bits per heavy atom. The Hall–Kier alpha value is -1.55. The molecule has 2 aromatic rings. The van der Waals surface area contributed by atoms with E-state index in [4.69, 9.17) is 9.47 Å². The highest BCUT2D eigenvalue weighted by molar-refractivity contribution is 9.09. The summed E-state index contributed by atoms with van der Waals surface area (Å²) in [4.78, 5) is -0.255. The van der Waals surface area contributed by atoms with Crippen molar-refractivity contribution in [2.75, 3.05) is 7.11 Å². The van der Waals surface area contributed by atoms with Gasteiger partial charge in [0.15, 0.2) is 0 Å². The summed E-state index contributed by atoms with van der Waals surface area (Å²) in [6, 6.07) is 10.9. The molecule has 0 N–H and O–H groups in total. The molecule has 2 aromatic carbocycles. The lowest BCUT2D eigenvalue weighted by Crippen LogP contribution is -2.05. The van der Waals surface area contributed by atoms with E-state index >= 15 is 0 Å². The SMILES string of the molecule is COc1cccc(F)c1C(Br)c1ccc2c(c1)CC(C)O2. The van der Waals surface area contributed by atoms with Crippen molar-refractivity contribution >= 4 is 15.9 Å². The number of rotatable bonds is 3. The molecule has 4 heteroatoms. The van der Waals surface area contributed by atoms with Crippen molar-refractivity contribution in [3.8, 4) is 11.5 Å². The van der Waals surface area contributed by atoms with Crippen molar-refractivity contribution in [2.45, 2.75) is 24.3 Å². The van der Waals surface area contributed by atoms with Crippen LogP contribution in [0.1, 0.15) is 28.4 Å². The second-order valence-electron chi connectivity index (χ2n) is 5.22. The summed E-state index contributed by atoms with van der Waals surface area (Å²) in [5.41, 5.74) is 2.68. The van der Waals surface area contributed by atoms with Gasteiger partial charge in [0.25, 0.3) is 0 Å². The van der Waals surface area contributed by atoms with Gasteiger partial charge in [-0.1, -0.05) is 34.1 Å². The minimum atomic E-state index is -0.277.